The number of nitrogens with zero attached hydrogens (tertiary/aromatic N) is 4. The summed E-state index contributed by atoms with van der Waals surface area (Å²) in [5, 5.41) is 9.20. The highest BCUT2D eigenvalue weighted by Gasteiger charge is 2.41. The van der Waals surface area contributed by atoms with Crippen molar-refractivity contribution >= 4 is 40.5 Å². The first-order valence-electron chi connectivity index (χ1n) is 10.9. The van der Waals surface area contributed by atoms with Crippen molar-refractivity contribution in [3.63, 3.8) is 0 Å². The number of hydrogen-bond acceptors (Lipinski definition) is 5. The molecule has 170 valence electrons. The van der Waals surface area contributed by atoms with Crippen LogP contribution in [0.25, 0.3) is 5.70 Å². The van der Waals surface area contributed by atoms with Crippen LogP contribution in [0.2, 0.25) is 10.0 Å². The third-order valence-corrected chi connectivity index (χ3v) is 6.85. The molecule has 6 rings (SSSR count). The fraction of sp³-hybridized carbons (Fsp3) is 0.154. The van der Waals surface area contributed by atoms with E-state index in [2.05, 4.69) is 50.6 Å². The van der Waals surface area contributed by atoms with Crippen molar-refractivity contribution in [3.05, 3.63) is 105 Å². The molecule has 2 atom stereocenters. The maximum Gasteiger partial charge on any atom is 0.226 e. The van der Waals surface area contributed by atoms with Crippen LogP contribution in [-0.2, 0) is 0 Å². The van der Waals surface area contributed by atoms with Gasteiger partial charge in [0.1, 0.15) is 24.2 Å². The van der Waals surface area contributed by atoms with Crippen LogP contribution in [0.4, 0.5) is 11.6 Å². The van der Waals surface area contributed by atoms with Crippen LogP contribution < -0.4 is 15.0 Å². The summed E-state index contributed by atoms with van der Waals surface area (Å²) in [5.74, 6) is 1.46. The lowest BCUT2D eigenvalue weighted by Gasteiger charge is -2.39. The monoisotopic (exact) mass is 489 g/mol. The lowest BCUT2D eigenvalue weighted by molar-refractivity contribution is 0.223. The smallest absolute Gasteiger partial charge is 0.226 e. The Morgan fingerprint density at radius 2 is 1.79 bits per heavy atom. The lowest BCUT2D eigenvalue weighted by Crippen LogP contribution is -2.32. The van der Waals surface area contributed by atoms with E-state index >= 15 is 0 Å². The molecule has 1 N–H and O–H groups in total. The molecule has 1 aromatic heterocycles. The van der Waals surface area contributed by atoms with Gasteiger partial charge in [-0.1, -0.05) is 53.5 Å². The Labute approximate surface area is 207 Å². The third-order valence-electron chi connectivity index (χ3n) is 6.29. The van der Waals surface area contributed by atoms with E-state index in [9.17, 15) is 0 Å². The number of para-hydroxylation sites is 1. The number of hydrogen-bond donors (Lipinski definition) is 1. The van der Waals surface area contributed by atoms with Crippen molar-refractivity contribution in [2.45, 2.75) is 12.1 Å². The molecule has 34 heavy (non-hydrogen) atoms. The third kappa shape index (κ3) is 3.33. The second-order valence-corrected chi connectivity index (χ2v) is 9.38. The van der Waals surface area contributed by atoms with Crippen molar-refractivity contribution in [2.24, 2.45) is 0 Å². The van der Waals surface area contributed by atoms with E-state index in [0.29, 0.717) is 16.0 Å². The molecule has 3 aromatic carbocycles. The van der Waals surface area contributed by atoms with Crippen LogP contribution in [0, 0.1) is 0 Å². The minimum atomic E-state index is -0.359. The highest BCUT2D eigenvalue weighted by molar-refractivity contribution is 6.35. The number of rotatable bonds is 3. The molecular formula is C26H21Cl2N5O. The highest BCUT2D eigenvalue weighted by Crippen LogP contribution is 2.51. The van der Waals surface area contributed by atoms with Crippen molar-refractivity contribution in [2.75, 3.05) is 24.3 Å². The van der Waals surface area contributed by atoms with Gasteiger partial charge in [-0.15, -0.1) is 0 Å². The molecular weight excluding hydrogens is 469 g/mol. The summed E-state index contributed by atoms with van der Waals surface area (Å²) in [6, 6.07) is 21.7. The number of fused-ring (bicyclic) bond motifs is 3. The molecule has 0 saturated carbocycles. The van der Waals surface area contributed by atoms with Gasteiger partial charge in [0.2, 0.25) is 5.95 Å². The maximum atomic E-state index is 6.74. The summed E-state index contributed by atoms with van der Waals surface area (Å²) in [4.78, 5) is 6.54. The van der Waals surface area contributed by atoms with E-state index < -0.39 is 0 Å². The molecule has 0 fully saturated rings. The van der Waals surface area contributed by atoms with Crippen LogP contribution in [0.3, 0.4) is 0 Å². The minimum absolute atomic E-state index is 0.328. The number of ether oxygens (including phenoxy) is 1. The lowest BCUT2D eigenvalue weighted by atomic mass is 9.84. The molecule has 0 bridgehead atoms. The van der Waals surface area contributed by atoms with Crippen LogP contribution in [-0.4, -0.2) is 28.9 Å². The predicted octanol–water partition coefficient (Wildman–Crippen LogP) is 6.21. The summed E-state index contributed by atoms with van der Waals surface area (Å²) in [7, 11) is 4.05. The van der Waals surface area contributed by atoms with Crippen molar-refractivity contribution in [3.8, 4) is 5.75 Å². The Kier molecular flexibility index (Phi) is 5.01. The maximum absolute atomic E-state index is 6.74. The van der Waals surface area contributed by atoms with Gasteiger partial charge >= 0.3 is 0 Å². The number of benzene rings is 3. The molecule has 0 radical (unpaired) electrons. The van der Waals surface area contributed by atoms with E-state index in [1.54, 1.807) is 12.4 Å². The topological polar surface area (TPSA) is 55.2 Å². The summed E-state index contributed by atoms with van der Waals surface area (Å²) >= 11 is 13.0. The summed E-state index contributed by atoms with van der Waals surface area (Å²) in [5.41, 5.74) is 5.98. The summed E-state index contributed by atoms with van der Waals surface area (Å²) in [6.07, 6.45) is 1.19. The van der Waals surface area contributed by atoms with Gasteiger partial charge in [-0.3, -0.25) is 0 Å². The molecule has 0 aliphatic carbocycles. The zero-order chi connectivity index (χ0) is 23.4. The van der Waals surface area contributed by atoms with Gasteiger partial charge in [0, 0.05) is 41.0 Å². The van der Waals surface area contributed by atoms with Crippen molar-refractivity contribution in [1.82, 2.24) is 14.8 Å². The quantitative estimate of drug-likeness (QED) is 0.370. The molecule has 0 spiro atoms. The Balaban J connectivity index is 1.60. The van der Waals surface area contributed by atoms with E-state index in [1.165, 1.54) is 0 Å². The van der Waals surface area contributed by atoms with Crippen LogP contribution in [0.1, 0.15) is 28.8 Å². The molecule has 2 aliphatic rings. The molecule has 3 heterocycles. The van der Waals surface area contributed by atoms with Crippen LogP contribution >= 0.6 is 23.2 Å². The normalized spacial score (nSPS) is 18.4. The van der Waals surface area contributed by atoms with Gasteiger partial charge < -0.3 is 15.0 Å². The number of aromatic nitrogens is 3. The number of nitrogens with one attached hydrogen (secondary N) is 1. The largest absolute Gasteiger partial charge is 0.480 e. The first kappa shape index (κ1) is 21.1. The molecule has 0 amide bonds. The SMILES string of the molecule is CN(C)c1ccc([C@@H]2Oc3ccccc3C3=C2[C@H](c2ccc(Cl)cc2Cl)n2ncnc2N3)cc1. The van der Waals surface area contributed by atoms with E-state index in [-0.39, 0.29) is 12.1 Å². The summed E-state index contributed by atoms with van der Waals surface area (Å²) in [6.45, 7) is 0. The second kappa shape index (κ2) is 8.08. The molecule has 8 heteroatoms. The fourth-order valence-corrected chi connectivity index (χ4v) is 5.17. The van der Waals surface area contributed by atoms with Crippen molar-refractivity contribution < 1.29 is 4.74 Å². The highest BCUT2D eigenvalue weighted by atomic mass is 35.5. The summed E-state index contributed by atoms with van der Waals surface area (Å²) < 4.78 is 8.51. The van der Waals surface area contributed by atoms with Gasteiger partial charge in [-0.2, -0.15) is 10.1 Å². The Bertz CT molecular complexity index is 1430. The molecule has 4 aromatic rings. The van der Waals surface area contributed by atoms with Gasteiger partial charge in [-0.05, 0) is 47.5 Å². The van der Waals surface area contributed by atoms with Gasteiger partial charge in [0.15, 0.2) is 0 Å². The van der Waals surface area contributed by atoms with E-state index in [1.807, 2.05) is 49.1 Å². The zero-order valence-electron chi connectivity index (χ0n) is 18.5. The average Bonchev–Trinajstić information content (AvgIpc) is 3.31. The van der Waals surface area contributed by atoms with Gasteiger partial charge in [0.25, 0.3) is 0 Å². The van der Waals surface area contributed by atoms with Crippen LogP contribution in [0.5, 0.6) is 5.75 Å². The van der Waals surface area contributed by atoms with Gasteiger partial charge in [-0.25, -0.2) is 4.68 Å². The number of halogens is 2. The van der Waals surface area contributed by atoms with Gasteiger partial charge in [0.05, 0.1) is 5.70 Å². The molecule has 0 unspecified atom stereocenters. The fourth-order valence-electron chi connectivity index (χ4n) is 4.66. The average molecular weight is 490 g/mol. The first-order valence-corrected chi connectivity index (χ1v) is 11.7. The Hall–Kier alpha value is -3.48. The van der Waals surface area contributed by atoms with Crippen LogP contribution in [0.15, 0.2) is 78.6 Å². The van der Waals surface area contributed by atoms with E-state index in [0.717, 1.165) is 39.4 Å². The van der Waals surface area contributed by atoms with E-state index in [4.69, 9.17) is 27.9 Å². The minimum Gasteiger partial charge on any atom is -0.480 e. The Morgan fingerprint density at radius 1 is 1.00 bits per heavy atom. The molecule has 2 aliphatic heterocycles. The predicted molar refractivity (Wildman–Crippen MR) is 136 cm³/mol. The molecule has 6 nitrogen and oxygen atoms in total. The van der Waals surface area contributed by atoms with Crippen molar-refractivity contribution in [1.29, 1.82) is 0 Å². The zero-order valence-corrected chi connectivity index (χ0v) is 20.0. The Morgan fingerprint density at radius 3 is 2.56 bits per heavy atom. The standard InChI is InChI=1S/C26H21Cl2N5O/c1-32(2)17-10-7-15(8-11-17)25-22-23(19-5-3-4-6-21(19)34-25)31-26-29-14-30-33(26)24(22)18-12-9-16(27)13-20(18)28/h3-14,24-25H,1-2H3,(H,29,30,31)/t24-,25-/m0/s1. The first-order chi connectivity index (χ1) is 16.5. The number of anilines is 2. The molecule has 0 saturated heterocycles. The second-order valence-electron chi connectivity index (χ2n) is 8.53.